The molecule has 2 heterocycles. The summed E-state index contributed by atoms with van der Waals surface area (Å²) in [7, 11) is -2.23. The van der Waals surface area contributed by atoms with E-state index in [-0.39, 0.29) is 23.6 Å². The van der Waals surface area contributed by atoms with Gasteiger partial charge in [0, 0.05) is 45.7 Å². The lowest BCUT2D eigenvalue weighted by atomic mass is 9.67. The number of carbonyl (C=O) groups is 2. The number of hydrogen-bond acceptors (Lipinski definition) is 9. The maximum absolute atomic E-state index is 11.2. The highest BCUT2D eigenvalue weighted by molar-refractivity contribution is 6.28. The minimum Gasteiger partial charge on any atom is -0.871 e. The highest BCUT2D eigenvalue weighted by atomic mass is 16.7. The van der Waals surface area contributed by atoms with Crippen molar-refractivity contribution in [1.82, 2.24) is 0 Å². The molecule has 52 heavy (non-hydrogen) atoms. The largest absolute Gasteiger partial charge is 0.871 e. The van der Waals surface area contributed by atoms with Crippen LogP contribution in [-0.2, 0) is 10.1 Å². The van der Waals surface area contributed by atoms with E-state index in [0.717, 1.165) is 6.42 Å². The Morgan fingerprint density at radius 2 is 0.981 bits per heavy atom. The van der Waals surface area contributed by atoms with Crippen LogP contribution in [0.5, 0.6) is 0 Å². The number of rotatable bonds is 16. The van der Waals surface area contributed by atoms with Gasteiger partial charge in [-0.1, -0.05) is 91.0 Å². The predicted molar refractivity (Wildman–Crippen MR) is 190 cm³/mol. The first-order chi connectivity index (χ1) is 25.3. The van der Waals surface area contributed by atoms with Crippen LogP contribution in [0.2, 0.25) is 0 Å². The maximum Gasteiger partial charge on any atom is 0.302 e. The molecular formula is C40H45BN2O9. The summed E-state index contributed by atoms with van der Waals surface area (Å²) in [5.41, 5.74) is 3.88. The van der Waals surface area contributed by atoms with Crippen molar-refractivity contribution in [3.05, 3.63) is 168 Å². The fourth-order valence-electron chi connectivity index (χ4n) is 5.57. The Morgan fingerprint density at radius 3 is 1.31 bits per heavy atom. The summed E-state index contributed by atoms with van der Waals surface area (Å²) in [6.07, 6.45) is 4.61. The average Bonchev–Trinajstić information content (AvgIpc) is 3.19. The molecule has 2 N–H and O–H groups in total. The van der Waals surface area contributed by atoms with E-state index in [1.807, 2.05) is 68.4 Å². The molecule has 0 radical (unpaired) electrons. The first-order valence-electron chi connectivity index (χ1n) is 17.0. The molecule has 12 heteroatoms. The van der Waals surface area contributed by atoms with Crippen LogP contribution < -0.4 is 29.2 Å². The molecule has 0 unspecified atom stereocenters. The van der Waals surface area contributed by atoms with Gasteiger partial charge in [0.15, 0.2) is 13.2 Å². The van der Waals surface area contributed by atoms with Crippen LogP contribution in [0.1, 0.15) is 64.4 Å². The van der Waals surface area contributed by atoms with Gasteiger partial charge in [-0.2, -0.15) is 0 Å². The second-order valence-corrected chi connectivity index (χ2v) is 11.1. The van der Waals surface area contributed by atoms with E-state index in [1.165, 1.54) is 26.2 Å². The smallest absolute Gasteiger partial charge is 0.302 e. The zero-order valence-corrected chi connectivity index (χ0v) is 29.5. The van der Waals surface area contributed by atoms with Crippen molar-refractivity contribution in [2.24, 2.45) is 0 Å². The Hall–Kier alpha value is -5.24. The zero-order chi connectivity index (χ0) is 37.6. The molecule has 11 nitrogen and oxygen atoms in total. The van der Waals surface area contributed by atoms with Crippen molar-refractivity contribution in [1.29, 1.82) is 0 Å². The van der Waals surface area contributed by atoms with Crippen LogP contribution in [0.15, 0.2) is 140 Å². The van der Waals surface area contributed by atoms with Crippen LogP contribution in [0.3, 0.4) is 0 Å². The van der Waals surface area contributed by atoms with E-state index in [0.29, 0.717) is 31.0 Å². The van der Waals surface area contributed by atoms with Gasteiger partial charge in [0.25, 0.3) is 11.6 Å². The molecule has 0 aliphatic rings. The van der Waals surface area contributed by atoms with E-state index < -0.39 is 20.5 Å². The molecule has 0 atom stereocenters. The Balaban J connectivity index is 0.000000235. The number of pyridine rings is 2. The fraction of sp³-hybridized carbons (Fsp3) is 0.250. The van der Waals surface area contributed by atoms with Crippen molar-refractivity contribution < 1.29 is 53.6 Å². The molecule has 0 fully saturated rings. The number of aliphatic hydroxyl groups excluding tert-OH is 2. The standard InChI is InChI=1S/C22H21BO3.2C9H12NO3/c24-23(25)26-18-10-17-22(19-11-4-1-5-12-19,20-13-6-2-7-14-20)21-15-8-3-9-16-21;2*1-2-13-10-6-4-3-5-8(10)9(12)7-11/h1-9,11-16H,10,17-18H2;2*3-6,11H,2,7H2,1H3/q-2;2*+1. The van der Waals surface area contributed by atoms with Gasteiger partial charge in [0.2, 0.25) is 12.4 Å². The third-order valence-corrected chi connectivity index (χ3v) is 7.79. The van der Waals surface area contributed by atoms with E-state index >= 15 is 0 Å². The molecule has 0 aliphatic heterocycles. The molecule has 0 spiro atoms. The van der Waals surface area contributed by atoms with Crippen molar-refractivity contribution in [3.63, 3.8) is 0 Å². The highest BCUT2D eigenvalue weighted by Gasteiger charge is 2.35. The van der Waals surface area contributed by atoms with Crippen LogP contribution in [-0.4, -0.2) is 62.1 Å². The molecule has 2 aromatic heterocycles. The lowest BCUT2D eigenvalue weighted by Gasteiger charge is -2.37. The van der Waals surface area contributed by atoms with Crippen LogP contribution in [0.25, 0.3) is 0 Å². The quantitative estimate of drug-likeness (QED) is 0.0513. The number of aromatic nitrogens is 2. The molecule has 5 rings (SSSR count). The van der Waals surface area contributed by atoms with Gasteiger partial charge in [-0.15, -0.1) is 0 Å². The normalized spacial score (nSPS) is 10.5. The molecule has 0 saturated heterocycles. The lowest BCUT2D eigenvalue weighted by molar-refractivity contribution is -0.892. The first kappa shape index (κ1) is 41.2. The zero-order valence-electron chi connectivity index (χ0n) is 29.5. The van der Waals surface area contributed by atoms with Crippen molar-refractivity contribution in [2.45, 2.75) is 32.1 Å². The van der Waals surface area contributed by atoms with Crippen LogP contribution >= 0.6 is 0 Å². The number of carbonyl (C=O) groups excluding carboxylic acids is 2. The topological polar surface area (TPSA) is 156 Å². The summed E-state index contributed by atoms with van der Waals surface area (Å²) >= 11 is 0. The summed E-state index contributed by atoms with van der Waals surface area (Å²) in [6, 6.07) is 41.2. The van der Waals surface area contributed by atoms with E-state index in [1.54, 1.807) is 48.8 Å². The summed E-state index contributed by atoms with van der Waals surface area (Å²) < 4.78 is 7.45. The predicted octanol–water partition coefficient (Wildman–Crippen LogP) is 1.72. The third kappa shape index (κ3) is 11.9. The second-order valence-electron chi connectivity index (χ2n) is 11.1. The van der Waals surface area contributed by atoms with Gasteiger partial charge in [-0.3, -0.25) is 19.3 Å². The molecule has 272 valence electrons. The molecule has 5 aromatic rings. The summed E-state index contributed by atoms with van der Waals surface area (Å²) in [4.78, 5) is 32.6. The Labute approximate surface area is 305 Å². The minimum absolute atomic E-state index is 0.159. The summed E-state index contributed by atoms with van der Waals surface area (Å²) in [5.74, 6) is -0.705. The summed E-state index contributed by atoms with van der Waals surface area (Å²) in [6.45, 7) is 3.75. The number of nitrogens with zero attached hydrogens (tertiary/aromatic N) is 2. The Kier molecular flexibility index (Phi) is 17.9. The van der Waals surface area contributed by atoms with Crippen molar-refractivity contribution in [2.75, 3.05) is 33.0 Å². The number of ketones is 2. The van der Waals surface area contributed by atoms with E-state index in [9.17, 15) is 19.6 Å². The SMILES string of the molecule is CCO[n+]1ccccc1C(=O)CO.CCO[n+]1ccccc1C(=O)CO.[O-]B([O-])OCCCC(c1ccccc1)(c1ccccc1)c1ccccc1. The summed E-state index contributed by atoms with van der Waals surface area (Å²) in [5, 5.41) is 38.7. The van der Waals surface area contributed by atoms with Gasteiger partial charge < -0.3 is 24.9 Å². The van der Waals surface area contributed by atoms with E-state index in [4.69, 9.17) is 24.5 Å². The van der Waals surface area contributed by atoms with Crippen LogP contribution in [0.4, 0.5) is 0 Å². The molecule has 0 saturated carbocycles. The highest BCUT2D eigenvalue weighted by Crippen LogP contribution is 2.42. The fourth-order valence-corrected chi connectivity index (χ4v) is 5.57. The average molecular weight is 709 g/mol. The van der Waals surface area contributed by atoms with Gasteiger partial charge in [-0.25, -0.2) is 0 Å². The molecule has 0 amide bonds. The second kappa shape index (κ2) is 22.6. The number of aliphatic hydroxyl groups is 2. The Morgan fingerprint density at radius 1 is 0.615 bits per heavy atom. The number of hydrogen-bond donors (Lipinski definition) is 2. The van der Waals surface area contributed by atoms with Gasteiger partial charge in [0.05, 0.1) is 7.32 Å². The lowest BCUT2D eigenvalue weighted by Crippen LogP contribution is -2.48. The van der Waals surface area contributed by atoms with Gasteiger partial charge >= 0.3 is 11.4 Å². The molecule has 0 aliphatic carbocycles. The van der Waals surface area contributed by atoms with Gasteiger partial charge in [-0.05, 0) is 55.5 Å². The van der Waals surface area contributed by atoms with Crippen molar-refractivity contribution in [3.8, 4) is 0 Å². The monoisotopic (exact) mass is 708 g/mol. The number of benzene rings is 3. The van der Waals surface area contributed by atoms with Crippen LogP contribution in [0, 0.1) is 0 Å². The molecular weight excluding hydrogens is 663 g/mol. The minimum atomic E-state index is -2.23. The molecule has 0 bridgehead atoms. The third-order valence-electron chi connectivity index (χ3n) is 7.79. The van der Waals surface area contributed by atoms with Crippen molar-refractivity contribution >= 4 is 18.9 Å². The first-order valence-corrected chi connectivity index (χ1v) is 17.0. The van der Waals surface area contributed by atoms with E-state index in [2.05, 4.69) is 36.4 Å². The Bertz CT molecular complexity index is 1600. The number of Topliss-reactive ketones (excluding diaryl/α,β-unsaturated/α-hetero) is 2. The molecule has 3 aromatic carbocycles. The maximum atomic E-state index is 11.2. The van der Waals surface area contributed by atoms with Gasteiger partial charge in [0.1, 0.15) is 13.2 Å².